The van der Waals surface area contributed by atoms with Crippen LogP contribution in [0.25, 0.3) is 0 Å². The van der Waals surface area contributed by atoms with Gasteiger partial charge in [-0.05, 0) is 50.4 Å². The summed E-state index contributed by atoms with van der Waals surface area (Å²) < 4.78 is 11.1. The second-order valence-corrected chi connectivity index (χ2v) is 5.63. The van der Waals surface area contributed by atoms with E-state index in [9.17, 15) is 0 Å². The van der Waals surface area contributed by atoms with Crippen LogP contribution < -0.4 is 4.74 Å². The van der Waals surface area contributed by atoms with Gasteiger partial charge in [0.05, 0.1) is 24.8 Å². The molecule has 0 aromatic heterocycles. The van der Waals surface area contributed by atoms with Crippen LogP contribution in [0, 0.1) is 6.92 Å². The molecule has 20 heavy (non-hydrogen) atoms. The molecule has 1 aromatic rings. The number of hydrogen-bond donors (Lipinski definition) is 0. The Balaban J connectivity index is 1.93. The van der Waals surface area contributed by atoms with E-state index in [0.717, 1.165) is 56.5 Å². The van der Waals surface area contributed by atoms with Crippen molar-refractivity contribution in [3.05, 3.63) is 28.3 Å². The van der Waals surface area contributed by atoms with E-state index in [1.54, 1.807) is 0 Å². The summed E-state index contributed by atoms with van der Waals surface area (Å²) in [7, 11) is 0. The van der Waals surface area contributed by atoms with Crippen molar-refractivity contribution in [2.24, 2.45) is 0 Å². The van der Waals surface area contributed by atoms with Crippen molar-refractivity contribution >= 4 is 11.6 Å². The van der Waals surface area contributed by atoms with E-state index in [4.69, 9.17) is 21.1 Å². The van der Waals surface area contributed by atoms with Crippen molar-refractivity contribution in [2.75, 3.05) is 39.5 Å². The highest BCUT2D eigenvalue weighted by molar-refractivity contribution is 6.32. The number of halogens is 1. The first kappa shape index (κ1) is 15.6. The zero-order valence-electron chi connectivity index (χ0n) is 12.5. The molecule has 0 unspecified atom stereocenters. The van der Waals surface area contributed by atoms with Crippen LogP contribution in [-0.4, -0.2) is 44.4 Å². The van der Waals surface area contributed by atoms with Gasteiger partial charge in [0.1, 0.15) is 5.75 Å². The molecular weight excluding hydrogens is 274 g/mol. The minimum absolute atomic E-state index is 0.652. The van der Waals surface area contributed by atoms with Gasteiger partial charge in [-0.25, -0.2) is 0 Å². The first-order valence-corrected chi connectivity index (χ1v) is 7.80. The molecule has 0 spiro atoms. The molecule has 1 saturated heterocycles. The number of rotatable bonds is 6. The predicted molar refractivity (Wildman–Crippen MR) is 82.9 cm³/mol. The van der Waals surface area contributed by atoms with Crippen LogP contribution in [0.1, 0.15) is 24.5 Å². The monoisotopic (exact) mass is 297 g/mol. The molecule has 1 aromatic carbocycles. The van der Waals surface area contributed by atoms with Crippen molar-refractivity contribution in [3.8, 4) is 5.75 Å². The van der Waals surface area contributed by atoms with Gasteiger partial charge in [-0.1, -0.05) is 17.7 Å². The zero-order chi connectivity index (χ0) is 14.4. The summed E-state index contributed by atoms with van der Waals surface area (Å²) >= 11 is 6.29. The van der Waals surface area contributed by atoms with Gasteiger partial charge in [-0.15, -0.1) is 0 Å². The molecular formula is C16H24ClNO2. The van der Waals surface area contributed by atoms with Crippen LogP contribution in [0.3, 0.4) is 0 Å². The second kappa shape index (κ2) is 7.87. The average Bonchev–Trinajstić information content (AvgIpc) is 2.43. The molecule has 2 rings (SSSR count). The molecule has 1 fully saturated rings. The number of nitrogens with zero attached hydrogens (tertiary/aromatic N) is 1. The van der Waals surface area contributed by atoms with E-state index in [1.807, 2.05) is 13.0 Å². The smallest absolute Gasteiger partial charge is 0.141 e. The second-order valence-electron chi connectivity index (χ2n) is 5.23. The van der Waals surface area contributed by atoms with Gasteiger partial charge in [0.15, 0.2) is 0 Å². The molecule has 0 radical (unpaired) electrons. The van der Waals surface area contributed by atoms with Crippen LogP contribution in [0.4, 0.5) is 0 Å². The first-order chi connectivity index (χ1) is 9.70. The maximum Gasteiger partial charge on any atom is 0.141 e. The van der Waals surface area contributed by atoms with Gasteiger partial charge in [0.2, 0.25) is 0 Å². The van der Waals surface area contributed by atoms with Gasteiger partial charge in [-0.3, -0.25) is 4.90 Å². The summed E-state index contributed by atoms with van der Waals surface area (Å²) in [5.41, 5.74) is 2.42. The Bertz CT molecular complexity index is 431. The maximum absolute atomic E-state index is 6.29. The lowest BCUT2D eigenvalue weighted by Gasteiger charge is -2.26. The van der Waals surface area contributed by atoms with Gasteiger partial charge < -0.3 is 9.47 Å². The normalized spacial score (nSPS) is 16.4. The Morgan fingerprint density at radius 1 is 1.30 bits per heavy atom. The van der Waals surface area contributed by atoms with Gasteiger partial charge >= 0.3 is 0 Å². The lowest BCUT2D eigenvalue weighted by Crippen LogP contribution is -2.36. The quantitative estimate of drug-likeness (QED) is 0.804. The third-order valence-corrected chi connectivity index (χ3v) is 3.86. The Morgan fingerprint density at radius 2 is 2.05 bits per heavy atom. The van der Waals surface area contributed by atoms with Crippen molar-refractivity contribution in [1.82, 2.24) is 4.90 Å². The fourth-order valence-electron chi connectivity index (χ4n) is 2.61. The Hall–Kier alpha value is -0.770. The van der Waals surface area contributed by atoms with Crippen LogP contribution in [0.2, 0.25) is 5.02 Å². The Morgan fingerprint density at radius 3 is 2.75 bits per heavy atom. The van der Waals surface area contributed by atoms with Crippen LogP contribution in [-0.2, 0) is 11.2 Å². The van der Waals surface area contributed by atoms with Gasteiger partial charge in [0.25, 0.3) is 0 Å². The summed E-state index contributed by atoms with van der Waals surface area (Å²) in [6.07, 6.45) is 2.13. The first-order valence-electron chi connectivity index (χ1n) is 7.42. The predicted octanol–water partition coefficient (Wildman–Crippen LogP) is 3.31. The topological polar surface area (TPSA) is 21.7 Å². The summed E-state index contributed by atoms with van der Waals surface area (Å²) in [6, 6.07) is 4.16. The van der Waals surface area contributed by atoms with E-state index in [1.165, 1.54) is 11.1 Å². The third kappa shape index (κ3) is 4.37. The lowest BCUT2D eigenvalue weighted by atomic mass is 10.1. The largest absolute Gasteiger partial charge is 0.492 e. The van der Waals surface area contributed by atoms with Crippen LogP contribution in [0.5, 0.6) is 5.75 Å². The van der Waals surface area contributed by atoms with E-state index in [-0.39, 0.29) is 0 Å². The summed E-state index contributed by atoms with van der Waals surface area (Å²) in [5, 5.41) is 0.730. The molecule has 0 saturated carbocycles. The average molecular weight is 298 g/mol. The molecule has 0 bridgehead atoms. The third-order valence-electron chi connectivity index (χ3n) is 3.58. The highest BCUT2D eigenvalue weighted by Crippen LogP contribution is 2.31. The van der Waals surface area contributed by atoms with E-state index in [2.05, 4.69) is 17.9 Å². The molecule has 0 N–H and O–H groups in total. The van der Waals surface area contributed by atoms with Crippen molar-refractivity contribution in [3.63, 3.8) is 0 Å². The standard InChI is InChI=1S/C16H24ClNO2/c1-3-20-16-14(11-13(2)12-15(16)17)5-4-6-18-7-9-19-10-8-18/h11-12H,3-10H2,1-2H3. The fraction of sp³-hybridized carbons (Fsp3) is 0.625. The maximum atomic E-state index is 6.29. The number of benzene rings is 1. The van der Waals surface area contributed by atoms with Crippen molar-refractivity contribution in [2.45, 2.75) is 26.7 Å². The summed E-state index contributed by atoms with van der Waals surface area (Å²) in [4.78, 5) is 2.46. The molecule has 3 nitrogen and oxygen atoms in total. The molecule has 1 aliphatic heterocycles. The zero-order valence-corrected chi connectivity index (χ0v) is 13.2. The van der Waals surface area contributed by atoms with Crippen LogP contribution >= 0.6 is 11.6 Å². The molecule has 0 amide bonds. The molecule has 1 heterocycles. The van der Waals surface area contributed by atoms with E-state index in [0.29, 0.717) is 6.61 Å². The Kier molecular flexibility index (Phi) is 6.14. The number of ether oxygens (including phenoxy) is 2. The molecule has 1 aliphatic rings. The molecule has 4 heteroatoms. The van der Waals surface area contributed by atoms with Crippen LogP contribution in [0.15, 0.2) is 12.1 Å². The summed E-state index contributed by atoms with van der Waals surface area (Å²) in [6.45, 7) is 9.65. The molecule has 0 atom stereocenters. The van der Waals surface area contributed by atoms with Crippen molar-refractivity contribution < 1.29 is 9.47 Å². The minimum Gasteiger partial charge on any atom is -0.492 e. The van der Waals surface area contributed by atoms with Gasteiger partial charge in [0, 0.05) is 13.1 Å². The highest BCUT2D eigenvalue weighted by atomic mass is 35.5. The van der Waals surface area contributed by atoms with Crippen molar-refractivity contribution in [1.29, 1.82) is 0 Å². The highest BCUT2D eigenvalue weighted by Gasteiger charge is 2.12. The summed E-state index contributed by atoms with van der Waals surface area (Å²) in [5.74, 6) is 0.863. The number of morpholine rings is 1. The number of aryl methyl sites for hydroxylation is 2. The van der Waals surface area contributed by atoms with E-state index < -0.39 is 0 Å². The molecule has 0 aliphatic carbocycles. The van der Waals surface area contributed by atoms with Gasteiger partial charge in [-0.2, -0.15) is 0 Å². The van der Waals surface area contributed by atoms with E-state index >= 15 is 0 Å². The number of hydrogen-bond acceptors (Lipinski definition) is 3. The SMILES string of the molecule is CCOc1c(Cl)cc(C)cc1CCCN1CCOCC1. The fourth-order valence-corrected chi connectivity index (χ4v) is 2.96. The minimum atomic E-state index is 0.652. The molecule has 112 valence electrons. The Labute approximate surface area is 126 Å². The lowest BCUT2D eigenvalue weighted by molar-refractivity contribution is 0.0374.